The molecule has 0 radical (unpaired) electrons. The van der Waals surface area contributed by atoms with E-state index in [0.717, 1.165) is 4.90 Å². The number of hydrogen-bond acceptors (Lipinski definition) is 5. The third-order valence-corrected chi connectivity index (χ3v) is 4.15. The number of nitrogens with one attached hydrogen (secondary N) is 1. The third-order valence-electron chi connectivity index (χ3n) is 3.80. The highest BCUT2D eigenvalue weighted by molar-refractivity contribution is 6.53. The number of carbonyl (C=O) groups is 2. The van der Waals surface area contributed by atoms with Gasteiger partial charge in [0.05, 0.1) is 25.1 Å². The minimum absolute atomic E-state index is 0.00697. The standard InChI is InChI=1S/C19H17ClN2O4/c1-3-26-15-11-7-5-9-13(15)22-18(23)16(20)17(19(22)24)21-12-8-4-6-10-14(12)25-2/h4-11,21H,3H2,1-2H3. The van der Waals surface area contributed by atoms with Crippen LogP contribution in [0.25, 0.3) is 0 Å². The summed E-state index contributed by atoms with van der Waals surface area (Å²) in [5.41, 5.74) is 0.871. The van der Waals surface area contributed by atoms with Gasteiger partial charge in [-0.1, -0.05) is 35.9 Å². The van der Waals surface area contributed by atoms with E-state index in [2.05, 4.69) is 5.32 Å². The SMILES string of the molecule is CCOc1ccccc1N1C(=O)C(Cl)=C(Nc2ccccc2OC)C1=O. The first-order valence-corrected chi connectivity index (χ1v) is 8.36. The molecule has 6 nitrogen and oxygen atoms in total. The first-order chi connectivity index (χ1) is 12.6. The Morgan fingerprint density at radius 3 is 2.35 bits per heavy atom. The molecule has 2 aromatic rings. The molecule has 1 heterocycles. The first kappa shape index (κ1) is 17.8. The second-order valence-corrected chi connectivity index (χ2v) is 5.74. The van der Waals surface area contributed by atoms with E-state index in [-0.39, 0.29) is 10.7 Å². The van der Waals surface area contributed by atoms with Gasteiger partial charge in [0.15, 0.2) is 0 Å². The zero-order chi connectivity index (χ0) is 18.7. The molecule has 0 aromatic heterocycles. The number of anilines is 2. The summed E-state index contributed by atoms with van der Waals surface area (Å²) < 4.78 is 10.8. The van der Waals surface area contributed by atoms with Gasteiger partial charge in [0.25, 0.3) is 11.8 Å². The normalized spacial score (nSPS) is 14.0. The fraction of sp³-hybridized carbons (Fsp3) is 0.158. The zero-order valence-corrected chi connectivity index (χ0v) is 15.0. The van der Waals surface area contributed by atoms with E-state index in [1.165, 1.54) is 7.11 Å². The van der Waals surface area contributed by atoms with E-state index >= 15 is 0 Å². The summed E-state index contributed by atoms with van der Waals surface area (Å²) in [4.78, 5) is 26.5. The number of nitrogens with zero attached hydrogens (tertiary/aromatic N) is 1. The maximum Gasteiger partial charge on any atom is 0.283 e. The lowest BCUT2D eigenvalue weighted by atomic mass is 10.2. The fourth-order valence-electron chi connectivity index (χ4n) is 2.63. The van der Waals surface area contributed by atoms with Gasteiger partial charge in [-0.3, -0.25) is 9.59 Å². The Morgan fingerprint density at radius 2 is 1.65 bits per heavy atom. The number of benzene rings is 2. The predicted octanol–water partition coefficient (Wildman–Crippen LogP) is 3.53. The van der Waals surface area contributed by atoms with Gasteiger partial charge < -0.3 is 14.8 Å². The molecule has 1 N–H and O–H groups in total. The third kappa shape index (κ3) is 3.11. The van der Waals surface area contributed by atoms with Crippen LogP contribution in [0.3, 0.4) is 0 Å². The molecule has 3 rings (SSSR count). The quantitative estimate of drug-likeness (QED) is 0.786. The van der Waals surface area contributed by atoms with Crippen molar-refractivity contribution in [3.63, 3.8) is 0 Å². The Kier molecular flexibility index (Phi) is 5.14. The monoisotopic (exact) mass is 372 g/mol. The van der Waals surface area contributed by atoms with Crippen LogP contribution in [0.15, 0.2) is 59.3 Å². The van der Waals surface area contributed by atoms with E-state index in [1.54, 1.807) is 48.5 Å². The minimum Gasteiger partial charge on any atom is -0.495 e. The van der Waals surface area contributed by atoms with Crippen molar-refractivity contribution in [2.75, 3.05) is 23.9 Å². The van der Waals surface area contributed by atoms with Crippen molar-refractivity contribution < 1.29 is 19.1 Å². The van der Waals surface area contributed by atoms with E-state index in [4.69, 9.17) is 21.1 Å². The molecule has 2 amide bonds. The second kappa shape index (κ2) is 7.49. The highest BCUT2D eigenvalue weighted by atomic mass is 35.5. The number of methoxy groups -OCH3 is 1. The molecule has 0 fully saturated rings. The van der Waals surface area contributed by atoms with Gasteiger partial charge >= 0.3 is 0 Å². The van der Waals surface area contributed by atoms with Crippen LogP contribution in [-0.2, 0) is 9.59 Å². The summed E-state index contributed by atoms with van der Waals surface area (Å²) in [5.74, 6) is -0.211. The molecular weight excluding hydrogens is 356 g/mol. The number of hydrogen-bond donors (Lipinski definition) is 1. The van der Waals surface area contributed by atoms with Crippen LogP contribution < -0.4 is 19.7 Å². The van der Waals surface area contributed by atoms with Crippen molar-refractivity contribution in [2.24, 2.45) is 0 Å². The summed E-state index contributed by atoms with van der Waals surface area (Å²) in [6.45, 7) is 2.23. The van der Waals surface area contributed by atoms with E-state index < -0.39 is 11.8 Å². The van der Waals surface area contributed by atoms with Gasteiger partial charge in [0.1, 0.15) is 22.2 Å². The average molecular weight is 373 g/mol. The molecule has 2 aromatic carbocycles. The van der Waals surface area contributed by atoms with Crippen LogP contribution in [0.1, 0.15) is 6.92 Å². The Bertz CT molecular complexity index is 895. The predicted molar refractivity (Wildman–Crippen MR) is 99.6 cm³/mol. The topological polar surface area (TPSA) is 67.9 Å². The highest BCUT2D eigenvalue weighted by Gasteiger charge is 2.40. The molecular formula is C19H17ClN2O4. The molecule has 7 heteroatoms. The summed E-state index contributed by atoms with van der Waals surface area (Å²) in [5, 5.41) is 2.72. The molecule has 0 saturated carbocycles. The summed E-state index contributed by atoms with van der Waals surface area (Å²) in [6, 6.07) is 13.9. The van der Waals surface area contributed by atoms with Gasteiger partial charge in [0.2, 0.25) is 0 Å². The van der Waals surface area contributed by atoms with Gasteiger partial charge in [0, 0.05) is 0 Å². The van der Waals surface area contributed by atoms with Crippen LogP contribution in [0.4, 0.5) is 11.4 Å². The smallest absolute Gasteiger partial charge is 0.283 e. The van der Waals surface area contributed by atoms with Crippen molar-refractivity contribution in [1.82, 2.24) is 0 Å². The molecule has 26 heavy (non-hydrogen) atoms. The van der Waals surface area contributed by atoms with Gasteiger partial charge in [-0.15, -0.1) is 0 Å². The number of amides is 2. The molecule has 0 saturated heterocycles. The van der Waals surface area contributed by atoms with Gasteiger partial charge in [-0.25, -0.2) is 4.90 Å². The lowest BCUT2D eigenvalue weighted by Gasteiger charge is -2.18. The maximum absolute atomic E-state index is 12.9. The molecule has 0 unspecified atom stereocenters. The van der Waals surface area contributed by atoms with Crippen molar-refractivity contribution in [3.05, 3.63) is 59.3 Å². The molecule has 0 aliphatic carbocycles. The van der Waals surface area contributed by atoms with Crippen LogP contribution in [0.5, 0.6) is 11.5 Å². The lowest BCUT2D eigenvalue weighted by Crippen LogP contribution is -2.32. The Balaban J connectivity index is 1.96. The van der Waals surface area contributed by atoms with Crippen LogP contribution >= 0.6 is 11.6 Å². The average Bonchev–Trinajstić information content (AvgIpc) is 2.86. The van der Waals surface area contributed by atoms with Crippen molar-refractivity contribution >= 4 is 34.8 Å². The number of halogens is 1. The number of ether oxygens (including phenoxy) is 2. The van der Waals surface area contributed by atoms with Crippen LogP contribution in [0, 0.1) is 0 Å². The summed E-state index contributed by atoms with van der Waals surface area (Å²) in [7, 11) is 1.52. The molecule has 1 aliphatic rings. The fourth-order valence-corrected chi connectivity index (χ4v) is 2.84. The lowest BCUT2D eigenvalue weighted by molar-refractivity contribution is -0.120. The van der Waals surface area contributed by atoms with E-state index in [9.17, 15) is 9.59 Å². The first-order valence-electron chi connectivity index (χ1n) is 7.99. The number of rotatable bonds is 6. The number of imide groups is 1. The van der Waals surface area contributed by atoms with Crippen molar-refractivity contribution in [3.8, 4) is 11.5 Å². The number of carbonyl (C=O) groups excluding carboxylic acids is 2. The summed E-state index contributed by atoms with van der Waals surface area (Å²) >= 11 is 6.17. The minimum atomic E-state index is -0.610. The molecule has 134 valence electrons. The highest BCUT2D eigenvalue weighted by Crippen LogP contribution is 2.36. The Labute approximate surface area is 156 Å². The second-order valence-electron chi connectivity index (χ2n) is 5.36. The molecule has 0 spiro atoms. The van der Waals surface area contributed by atoms with E-state index in [0.29, 0.717) is 29.5 Å². The zero-order valence-electron chi connectivity index (χ0n) is 14.3. The van der Waals surface area contributed by atoms with Crippen molar-refractivity contribution in [1.29, 1.82) is 0 Å². The maximum atomic E-state index is 12.9. The van der Waals surface area contributed by atoms with Gasteiger partial charge in [-0.2, -0.15) is 0 Å². The molecule has 1 aliphatic heterocycles. The Morgan fingerprint density at radius 1 is 1.00 bits per heavy atom. The largest absolute Gasteiger partial charge is 0.495 e. The summed E-state index contributed by atoms with van der Waals surface area (Å²) in [6.07, 6.45) is 0. The van der Waals surface area contributed by atoms with Crippen molar-refractivity contribution in [2.45, 2.75) is 6.92 Å². The number of para-hydroxylation sites is 4. The molecule has 0 bridgehead atoms. The van der Waals surface area contributed by atoms with Crippen LogP contribution in [-0.4, -0.2) is 25.5 Å². The van der Waals surface area contributed by atoms with Gasteiger partial charge in [-0.05, 0) is 31.2 Å². The van der Waals surface area contributed by atoms with Crippen LogP contribution in [0.2, 0.25) is 0 Å². The Hall–Kier alpha value is -2.99. The van der Waals surface area contributed by atoms with E-state index in [1.807, 2.05) is 6.92 Å². The molecule has 0 atom stereocenters.